The summed E-state index contributed by atoms with van der Waals surface area (Å²) in [6.07, 6.45) is 5.80. The lowest BCUT2D eigenvalue weighted by Crippen LogP contribution is -2.40. The number of alkyl halides is 1. The molecule has 1 aliphatic carbocycles. The Hall–Kier alpha value is -0.610. The van der Waals surface area contributed by atoms with Crippen molar-refractivity contribution in [2.24, 2.45) is 0 Å². The van der Waals surface area contributed by atoms with E-state index in [4.69, 9.17) is 4.74 Å². The minimum atomic E-state index is 0.748. The third-order valence-electron chi connectivity index (χ3n) is 3.38. The lowest BCUT2D eigenvalue weighted by molar-refractivity contribution is 0.127. The molecule has 94 valence electrons. The second-order valence-electron chi connectivity index (χ2n) is 4.42. The number of rotatable bonds is 6. The summed E-state index contributed by atoms with van der Waals surface area (Å²) in [5.41, 5.74) is 1.18. The summed E-state index contributed by atoms with van der Waals surface area (Å²) in [5.74, 6) is 0.756. The van der Waals surface area contributed by atoms with Crippen LogP contribution in [-0.2, 0) is 6.54 Å². The van der Waals surface area contributed by atoms with Gasteiger partial charge in [-0.1, -0.05) is 28.4 Å². The first-order valence-corrected chi connectivity index (χ1v) is 7.25. The molecule has 0 aromatic carbocycles. The fourth-order valence-corrected chi connectivity index (χ4v) is 2.65. The zero-order chi connectivity index (χ0) is 12.1. The molecule has 4 heteroatoms. The van der Waals surface area contributed by atoms with Gasteiger partial charge >= 0.3 is 0 Å². The van der Waals surface area contributed by atoms with Crippen LogP contribution in [0.5, 0.6) is 5.88 Å². The van der Waals surface area contributed by atoms with E-state index < -0.39 is 0 Å². The molecule has 1 saturated carbocycles. The Kier molecular flexibility index (Phi) is 4.80. The number of nitrogens with zero attached hydrogens (tertiary/aromatic N) is 2. The molecular weight excluding hydrogens is 280 g/mol. The van der Waals surface area contributed by atoms with Gasteiger partial charge in [-0.05, 0) is 18.9 Å². The van der Waals surface area contributed by atoms with Gasteiger partial charge in [-0.25, -0.2) is 4.98 Å². The van der Waals surface area contributed by atoms with Crippen LogP contribution >= 0.6 is 15.9 Å². The average Bonchev–Trinajstić information content (AvgIpc) is 2.28. The van der Waals surface area contributed by atoms with Crippen molar-refractivity contribution in [2.45, 2.75) is 31.8 Å². The first kappa shape index (κ1) is 12.8. The summed E-state index contributed by atoms with van der Waals surface area (Å²) in [6.45, 7) is 2.02. The quantitative estimate of drug-likeness (QED) is 0.755. The number of hydrogen-bond donors (Lipinski definition) is 0. The molecule has 1 aromatic rings. The van der Waals surface area contributed by atoms with Crippen LogP contribution in [0.15, 0.2) is 18.3 Å². The summed E-state index contributed by atoms with van der Waals surface area (Å²) in [4.78, 5) is 6.78. The Labute approximate surface area is 111 Å². The third kappa shape index (κ3) is 3.19. The second-order valence-corrected chi connectivity index (χ2v) is 5.21. The van der Waals surface area contributed by atoms with Gasteiger partial charge in [0.2, 0.25) is 5.88 Å². The van der Waals surface area contributed by atoms with Crippen molar-refractivity contribution in [3.05, 3.63) is 23.9 Å². The Bertz CT molecular complexity index is 355. The van der Waals surface area contributed by atoms with E-state index in [-0.39, 0.29) is 0 Å². The predicted molar refractivity (Wildman–Crippen MR) is 72.6 cm³/mol. The molecule has 3 nitrogen and oxygen atoms in total. The fraction of sp³-hybridized carbons (Fsp3) is 0.615. The van der Waals surface area contributed by atoms with Crippen molar-refractivity contribution < 1.29 is 4.74 Å². The van der Waals surface area contributed by atoms with Crippen molar-refractivity contribution in [3.8, 4) is 5.88 Å². The smallest absolute Gasteiger partial charge is 0.217 e. The molecule has 0 atom stereocenters. The molecule has 0 radical (unpaired) electrons. The lowest BCUT2D eigenvalue weighted by Gasteiger charge is -2.37. The van der Waals surface area contributed by atoms with Gasteiger partial charge < -0.3 is 4.74 Å². The first-order valence-electron chi connectivity index (χ1n) is 6.13. The molecule has 1 aliphatic rings. The third-order valence-corrected chi connectivity index (χ3v) is 3.73. The lowest BCUT2D eigenvalue weighted by atomic mass is 9.91. The van der Waals surface area contributed by atoms with Crippen LogP contribution in [-0.4, -0.2) is 34.9 Å². The Morgan fingerprint density at radius 2 is 2.35 bits per heavy atom. The van der Waals surface area contributed by atoms with Crippen LogP contribution < -0.4 is 4.74 Å². The molecule has 1 heterocycles. The summed E-state index contributed by atoms with van der Waals surface area (Å²) >= 11 is 3.53. The van der Waals surface area contributed by atoms with E-state index in [1.54, 1.807) is 13.3 Å². The normalized spacial score (nSPS) is 15.9. The zero-order valence-electron chi connectivity index (χ0n) is 10.2. The highest BCUT2D eigenvalue weighted by Gasteiger charge is 2.25. The van der Waals surface area contributed by atoms with Gasteiger partial charge in [0.1, 0.15) is 0 Å². The van der Waals surface area contributed by atoms with E-state index in [1.807, 2.05) is 6.07 Å². The minimum absolute atomic E-state index is 0.748. The fourth-order valence-electron chi connectivity index (χ4n) is 2.20. The maximum Gasteiger partial charge on any atom is 0.217 e. The molecular formula is C13H19BrN2O. The van der Waals surface area contributed by atoms with E-state index in [2.05, 4.69) is 31.9 Å². The van der Waals surface area contributed by atoms with E-state index in [9.17, 15) is 0 Å². The molecule has 0 amide bonds. The van der Waals surface area contributed by atoms with Gasteiger partial charge in [-0.15, -0.1) is 0 Å². The highest BCUT2D eigenvalue weighted by Crippen LogP contribution is 2.27. The van der Waals surface area contributed by atoms with Crippen LogP contribution in [0.3, 0.4) is 0 Å². The maximum atomic E-state index is 5.31. The number of pyridine rings is 1. The molecule has 17 heavy (non-hydrogen) atoms. The van der Waals surface area contributed by atoms with Gasteiger partial charge in [0.05, 0.1) is 7.11 Å². The highest BCUT2D eigenvalue weighted by atomic mass is 79.9. The molecule has 1 aromatic heterocycles. The molecule has 1 fully saturated rings. The molecule has 0 unspecified atom stereocenters. The Balaban J connectivity index is 2.05. The summed E-state index contributed by atoms with van der Waals surface area (Å²) in [5, 5.41) is 1.02. The van der Waals surface area contributed by atoms with Crippen LogP contribution in [0.25, 0.3) is 0 Å². The Morgan fingerprint density at radius 1 is 1.53 bits per heavy atom. The number of halogens is 1. The average molecular weight is 299 g/mol. The highest BCUT2D eigenvalue weighted by molar-refractivity contribution is 9.09. The van der Waals surface area contributed by atoms with Crippen LogP contribution in [0, 0.1) is 0 Å². The monoisotopic (exact) mass is 298 g/mol. The largest absolute Gasteiger partial charge is 0.481 e. The number of aromatic nitrogens is 1. The van der Waals surface area contributed by atoms with E-state index in [1.165, 1.54) is 24.8 Å². The number of methoxy groups -OCH3 is 1. The van der Waals surface area contributed by atoms with Crippen LogP contribution in [0.1, 0.15) is 24.8 Å². The van der Waals surface area contributed by atoms with Gasteiger partial charge in [0.15, 0.2) is 0 Å². The SMILES string of the molecule is COc1ncccc1CN(CCBr)C1CCC1. The van der Waals surface area contributed by atoms with Gasteiger partial charge in [0.25, 0.3) is 0 Å². The summed E-state index contributed by atoms with van der Waals surface area (Å²) < 4.78 is 5.31. The standard InChI is InChI=1S/C13H19BrN2O/c1-17-13-11(4-3-8-15-13)10-16(9-7-14)12-5-2-6-12/h3-4,8,12H,2,5-7,9-10H2,1H3. The van der Waals surface area contributed by atoms with E-state index in [0.29, 0.717) is 0 Å². The Morgan fingerprint density at radius 3 is 2.94 bits per heavy atom. The molecule has 0 N–H and O–H groups in total. The van der Waals surface area contributed by atoms with Crippen molar-refractivity contribution in [1.29, 1.82) is 0 Å². The molecule has 0 aliphatic heterocycles. The second kappa shape index (κ2) is 6.36. The van der Waals surface area contributed by atoms with Gasteiger partial charge in [0, 0.05) is 36.2 Å². The predicted octanol–water partition coefficient (Wildman–Crippen LogP) is 2.84. The van der Waals surface area contributed by atoms with Crippen molar-refractivity contribution in [2.75, 3.05) is 19.0 Å². The summed E-state index contributed by atoms with van der Waals surface area (Å²) in [7, 11) is 1.68. The number of hydrogen-bond acceptors (Lipinski definition) is 3. The van der Waals surface area contributed by atoms with Crippen LogP contribution in [0.4, 0.5) is 0 Å². The molecule has 0 spiro atoms. The molecule has 0 bridgehead atoms. The minimum Gasteiger partial charge on any atom is -0.481 e. The van der Waals surface area contributed by atoms with E-state index in [0.717, 1.165) is 30.3 Å². The first-order chi connectivity index (χ1) is 8.35. The molecule has 0 saturated heterocycles. The van der Waals surface area contributed by atoms with Crippen LogP contribution in [0.2, 0.25) is 0 Å². The van der Waals surface area contributed by atoms with E-state index >= 15 is 0 Å². The van der Waals surface area contributed by atoms with Gasteiger partial charge in [-0.2, -0.15) is 0 Å². The van der Waals surface area contributed by atoms with Crippen molar-refractivity contribution >= 4 is 15.9 Å². The van der Waals surface area contributed by atoms with Gasteiger partial charge in [-0.3, -0.25) is 4.90 Å². The maximum absolute atomic E-state index is 5.31. The number of ether oxygens (including phenoxy) is 1. The van der Waals surface area contributed by atoms with Crippen molar-refractivity contribution in [1.82, 2.24) is 9.88 Å². The summed E-state index contributed by atoms with van der Waals surface area (Å²) in [6, 6.07) is 4.83. The zero-order valence-corrected chi connectivity index (χ0v) is 11.8. The topological polar surface area (TPSA) is 25.4 Å². The molecule has 2 rings (SSSR count). The van der Waals surface area contributed by atoms with Crippen molar-refractivity contribution in [3.63, 3.8) is 0 Å².